The molecule has 1 amide bonds. The molecule has 0 aliphatic rings. The van der Waals surface area contributed by atoms with Gasteiger partial charge >= 0.3 is 0 Å². The van der Waals surface area contributed by atoms with E-state index in [0.29, 0.717) is 0 Å². The van der Waals surface area contributed by atoms with Crippen LogP contribution in [0.3, 0.4) is 0 Å². The van der Waals surface area contributed by atoms with Gasteiger partial charge in [-0.2, -0.15) is 30.5 Å². The van der Waals surface area contributed by atoms with Crippen molar-refractivity contribution in [3.05, 3.63) is 0 Å². The van der Waals surface area contributed by atoms with E-state index in [4.69, 9.17) is 11.0 Å². The zero-order valence-electron chi connectivity index (χ0n) is 5.98. The Morgan fingerprint density at radius 2 is 1.67 bits per heavy atom. The van der Waals surface area contributed by atoms with Gasteiger partial charge in [-0.25, -0.2) is 0 Å². The number of nitriles is 1. The number of nitrogens with zero attached hydrogens (tertiary/aromatic N) is 1. The summed E-state index contributed by atoms with van der Waals surface area (Å²) in [6.07, 6.45) is 0. The molecule has 0 aliphatic heterocycles. The maximum Gasteiger partial charge on any atom is 0.236 e. The molecular formula is C4H12N2O4S2. The lowest BCUT2D eigenvalue weighted by Crippen LogP contribution is -2.26. The largest absolute Gasteiger partial charge is 0.412 e. The van der Waals surface area contributed by atoms with Gasteiger partial charge in [-0.3, -0.25) is 4.79 Å². The highest BCUT2D eigenvalue weighted by molar-refractivity contribution is 7.99. The van der Waals surface area contributed by atoms with Crippen molar-refractivity contribution in [2.45, 2.75) is 4.58 Å². The number of nitrogens with two attached hydrogens (primary N) is 1. The molecule has 0 aromatic rings. The van der Waals surface area contributed by atoms with Crippen molar-refractivity contribution in [2.24, 2.45) is 11.7 Å². The number of amides is 1. The molecular weight excluding hydrogens is 204 g/mol. The van der Waals surface area contributed by atoms with E-state index in [1.807, 2.05) is 0 Å². The van der Waals surface area contributed by atoms with Crippen molar-refractivity contribution in [1.29, 1.82) is 5.26 Å². The molecule has 8 N–H and O–H groups in total. The van der Waals surface area contributed by atoms with E-state index in [1.165, 1.54) is 0 Å². The Bertz CT molecular complexity index is 158. The number of carbonyl (C=O) groups excluding carboxylic acids is 1. The predicted octanol–water partition coefficient (Wildman–Crippen LogP) is -2.68. The van der Waals surface area contributed by atoms with E-state index in [0.717, 1.165) is 0 Å². The summed E-state index contributed by atoms with van der Waals surface area (Å²) in [5.41, 5.74) is 4.79. The third-order valence-electron chi connectivity index (χ3n) is 0.744. The quantitative estimate of drug-likeness (QED) is 0.339. The van der Waals surface area contributed by atoms with Crippen LogP contribution in [-0.4, -0.2) is 26.9 Å². The van der Waals surface area contributed by atoms with Gasteiger partial charge < -0.3 is 22.2 Å². The molecule has 0 bridgehead atoms. The lowest BCUT2D eigenvalue weighted by Gasteiger charge is -2.04. The number of hydrogen-bond acceptors (Lipinski definition) is 4. The number of primary amides is 1. The number of carbonyl (C=O) groups is 1. The Morgan fingerprint density at radius 3 is 1.67 bits per heavy atom. The molecule has 8 heteroatoms. The third-order valence-corrected chi connectivity index (χ3v) is 1.34. The van der Waals surface area contributed by atoms with Crippen LogP contribution in [0.4, 0.5) is 0 Å². The summed E-state index contributed by atoms with van der Waals surface area (Å²) in [6, 6.07) is 1.67. The van der Waals surface area contributed by atoms with Gasteiger partial charge in [0.2, 0.25) is 5.91 Å². The van der Waals surface area contributed by atoms with Gasteiger partial charge in [-0.15, -0.1) is 0 Å². The summed E-state index contributed by atoms with van der Waals surface area (Å²) < 4.78 is -0.590. The predicted molar refractivity (Wildman–Crippen MR) is 50.9 cm³/mol. The summed E-state index contributed by atoms with van der Waals surface area (Å²) in [5.74, 6) is -1.59. The number of thiol groups is 2. The maximum atomic E-state index is 10.3. The molecule has 0 aromatic carbocycles. The van der Waals surface area contributed by atoms with Gasteiger partial charge in [-0.05, 0) is 0 Å². The van der Waals surface area contributed by atoms with Gasteiger partial charge in [0.15, 0.2) is 0 Å². The van der Waals surface area contributed by atoms with Crippen molar-refractivity contribution in [3.63, 3.8) is 0 Å². The summed E-state index contributed by atoms with van der Waals surface area (Å²) >= 11 is 7.51. The second-order valence-corrected chi connectivity index (χ2v) is 2.94. The van der Waals surface area contributed by atoms with Crippen LogP contribution in [0.2, 0.25) is 0 Å². The molecule has 1 unspecified atom stereocenters. The van der Waals surface area contributed by atoms with Crippen molar-refractivity contribution >= 4 is 31.2 Å². The van der Waals surface area contributed by atoms with Crippen LogP contribution in [-0.2, 0) is 4.79 Å². The normalized spacial score (nSPS) is 9.50. The monoisotopic (exact) mass is 216 g/mol. The highest BCUT2D eigenvalue weighted by atomic mass is 32.2. The Morgan fingerprint density at radius 1 is 1.33 bits per heavy atom. The minimum atomic E-state index is -0.906. The van der Waals surface area contributed by atoms with Gasteiger partial charge in [0.1, 0.15) is 5.92 Å². The SMILES string of the molecule is N#CC(C(N)=O)C(S)S.O.O.O. The van der Waals surface area contributed by atoms with Crippen LogP contribution in [0.1, 0.15) is 0 Å². The van der Waals surface area contributed by atoms with Gasteiger partial charge in [0, 0.05) is 0 Å². The van der Waals surface area contributed by atoms with E-state index in [2.05, 4.69) is 25.3 Å². The summed E-state index contributed by atoms with van der Waals surface area (Å²) in [6.45, 7) is 0. The highest BCUT2D eigenvalue weighted by Crippen LogP contribution is 2.11. The molecule has 0 aliphatic carbocycles. The molecule has 0 spiro atoms. The van der Waals surface area contributed by atoms with E-state index in [9.17, 15) is 4.79 Å². The van der Waals surface area contributed by atoms with Gasteiger partial charge in [0.05, 0.1) is 10.7 Å². The van der Waals surface area contributed by atoms with E-state index in [1.54, 1.807) is 6.07 Å². The number of hydrogen-bond donors (Lipinski definition) is 3. The molecule has 0 saturated carbocycles. The standard InChI is InChI=1S/C4H6N2OS2.3H2O/c5-1-2(3(6)7)4(8)9;;;/h2,4,8-9H,(H2,6,7);3*1H2. The molecule has 0 saturated heterocycles. The first-order valence-electron chi connectivity index (χ1n) is 2.14. The van der Waals surface area contributed by atoms with E-state index >= 15 is 0 Å². The minimum Gasteiger partial charge on any atom is -0.412 e. The molecule has 12 heavy (non-hydrogen) atoms. The zero-order valence-corrected chi connectivity index (χ0v) is 7.77. The fraction of sp³-hybridized carbons (Fsp3) is 0.500. The van der Waals surface area contributed by atoms with Crippen molar-refractivity contribution < 1.29 is 21.2 Å². The first-order valence-corrected chi connectivity index (χ1v) is 3.18. The first-order chi connectivity index (χ1) is 4.09. The number of rotatable bonds is 2. The average molecular weight is 216 g/mol. The smallest absolute Gasteiger partial charge is 0.236 e. The molecule has 0 rings (SSSR count). The fourth-order valence-corrected chi connectivity index (χ4v) is 0.704. The highest BCUT2D eigenvalue weighted by Gasteiger charge is 2.19. The lowest BCUT2D eigenvalue weighted by atomic mass is 10.2. The molecule has 0 radical (unpaired) electrons. The third kappa shape index (κ3) is 7.64. The van der Waals surface area contributed by atoms with Gasteiger partial charge in [-0.1, -0.05) is 0 Å². The van der Waals surface area contributed by atoms with Crippen LogP contribution in [0, 0.1) is 17.2 Å². The summed E-state index contributed by atoms with van der Waals surface area (Å²) in [7, 11) is 0. The van der Waals surface area contributed by atoms with Crippen molar-refractivity contribution in [1.82, 2.24) is 0 Å². The first kappa shape index (κ1) is 22.5. The summed E-state index contributed by atoms with van der Waals surface area (Å²) in [4.78, 5) is 10.3. The molecule has 6 nitrogen and oxygen atoms in total. The maximum absolute atomic E-state index is 10.3. The Kier molecular flexibility index (Phi) is 19.8. The van der Waals surface area contributed by atoms with Crippen molar-refractivity contribution in [2.75, 3.05) is 0 Å². The second-order valence-electron chi connectivity index (χ2n) is 1.42. The summed E-state index contributed by atoms with van der Waals surface area (Å²) in [5, 5.41) is 8.22. The average Bonchev–Trinajstić information content (AvgIpc) is 1.64. The van der Waals surface area contributed by atoms with Crippen LogP contribution >= 0.6 is 25.3 Å². The molecule has 0 aromatic heterocycles. The fourth-order valence-electron chi connectivity index (χ4n) is 0.277. The van der Waals surface area contributed by atoms with Gasteiger partial charge in [0.25, 0.3) is 0 Å². The van der Waals surface area contributed by atoms with E-state index < -0.39 is 16.4 Å². The lowest BCUT2D eigenvalue weighted by molar-refractivity contribution is -0.119. The Balaban J connectivity index is -0.000000107. The Hall–Kier alpha value is -0.460. The Labute approximate surface area is 80.5 Å². The van der Waals surface area contributed by atoms with Crippen molar-refractivity contribution in [3.8, 4) is 6.07 Å². The molecule has 0 heterocycles. The van der Waals surface area contributed by atoms with Crippen LogP contribution < -0.4 is 5.73 Å². The molecule has 0 fully saturated rings. The topological polar surface area (TPSA) is 161 Å². The zero-order chi connectivity index (χ0) is 7.44. The van der Waals surface area contributed by atoms with Crippen LogP contribution in [0.15, 0.2) is 0 Å². The van der Waals surface area contributed by atoms with E-state index in [-0.39, 0.29) is 16.4 Å². The van der Waals surface area contributed by atoms with Crippen LogP contribution in [0.5, 0.6) is 0 Å². The molecule has 1 atom stereocenters. The minimum absolute atomic E-state index is 0. The second kappa shape index (κ2) is 10.5. The van der Waals surface area contributed by atoms with Crippen LogP contribution in [0.25, 0.3) is 0 Å². The molecule has 74 valence electrons.